The zero-order chi connectivity index (χ0) is 18.5. The first kappa shape index (κ1) is 17.7. The second-order valence-electron chi connectivity index (χ2n) is 5.93. The van der Waals surface area contributed by atoms with Gasteiger partial charge < -0.3 is 14.5 Å². The molecule has 0 unspecified atom stereocenters. The van der Waals surface area contributed by atoms with E-state index in [-0.39, 0.29) is 18.4 Å². The predicted octanol–water partition coefficient (Wildman–Crippen LogP) is 0.236. The third kappa shape index (κ3) is 3.90. The first-order valence-electron chi connectivity index (χ1n) is 8.31. The zero-order valence-electron chi connectivity index (χ0n) is 14.5. The number of carbonyl (C=O) groups is 2. The molecular formula is C18H20N4O4. The topological polar surface area (TPSA) is 84.7 Å². The smallest absolute Gasteiger partial charge is 0.347 e. The van der Waals surface area contributed by atoms with Gasteiger partial charge in [-0.15, -0.1) is 0 Å². The first-order chi connectivity index (χ1) is 12.6. The van der Waals surface area contributed by atoms with Crippen molar-refractivity contribution in [2.24, 2.45) is 0 Å². The van der Waals surface area contributed by atoms with Gasteiger partial charge in [-0.1, -0.05) is 0 Å². The fraction of sp³-hybridized carbons (Fsp3) is 0.333. The zero-order valence-corrected chi connectivity index (χ0v) is 14.5. The van der Waals surface area contributed by atoms with Gasteiger partial charge in [0, 0.05) is 44.1 Å². The number of amides is 2. The molecule has 0 saturated carbocycles. The van der Waals surface area contributed by atoms with Crippen LogP contribution in [0.5, 0.6) is 5.75 Å². The van der Waals surface area contributed by atoms with Crippen LogP contribution >= 0.6 is 0 Å². The van der Waals surface area contributed by atoms with Crippen LogP contribution in [0.3, 0.4) is 0 Å². The summed E-state index contributed by atoms with van der Waals surface area (Å²) in [6.45, 7) is 1.75. The van der Waals surface area contributed by atoms with Crippen molar-refractivity contribution in [3.8, 4) is 5.75 Å². The van der Waals surface area contributed by atoms with Gasteiger partial charge >= 0.3 is 5.69 Å². The van der Waals surface area contributed by atoms with Crippen molar-refractivity contribution in [3.05, 3.63) is 58.8 Å². The molecular weight excluding hydrogens is 336 g/mol. The fourth-order valence-electron chi connectivity index (χ4n) is 2.83. The van der Waals surface area contributed by atoms with Gasteiger partial charge in [0.2, 0.25) is 5.91 Å². The van der Waals surface area contributed by atoms with E-state index in [0.717, 1.165) is 0 Å². The number of piperazine rings is 1. The molecule has 1 fully saturated rings. The Morgan fingerprint density at radius 1 is 1.08 bits per heavy atom. The molecule has 1 aromatic carbocycles. The molecule has 8 heteroatoms. The average Bonchev–Trinajstić information content (AvgIpc) is 2.69. The largest absolute Gasteiger partial charge is 0.497 e. The number of benzene rings is 1. The minimum atomic E-state index is -0.450. The number of hydrogen-bond acceptors (Lipinski definition) is 5. The van der Waals surface area contributed by atoms with Crippen molar-refractivity contribution in [1.29, 1.82) is 0 Å². The van der Waals surface area contributed by atoms with E-state index in [0.29, 0.717) is 37.5 Å². The van der Waals surface area contributed by atoms with Crippen molar-refractivity contribution in [1.82, 2.24) is 19.4 Å². The Morgan fingerprint density at radius 3 is 2.35 bits per heavy atom. The summed E-state index contributed by atoms with van der Waals surface area (Å²) < 4.78 is 6.37. The van der Waals surface area contributed by atoms with Crippen LogP contribution in [0.1, 0.15) is 10.4 Å². The van der Waals surface area contributed by atoms with Crippen LogP contribution in [0.25, 0.3) is 0 Å². The van der Waals surface area contributed by atoms with Gasteiger partial charge in [-0.25, -0.2) is 9.78 Å². The number of rotatable bonds is 4. The molecule has 2 amide bonds. The van der Waals surface area contributed by atoms with E-state index in [1.54, 1.807) is 47.2 Å². The first-order valence-corrected chi connectivity index (χ1v) is 8.31. The van der Waals surface area contributed by atoms with Crippen LogP contribution < -0.4 is 10.4 Å². The lowest BCUT2D eigenvalue weighted by Gasteiger charge is -2.35. The summed E-state index contributed by atoms with van der Waals surface area (Å²) in [4.78, 5) is 43.5. The van der Waals surface area contributed by atoms with Crippen LogP contribution in [-0.4, -0.2) is 64.5 Å². The summed E-state index contributed by atoms with van der Waals surface area (Å²) in [6.07, 6.45) is 2.93. The van der Waals surface area contributed by atoms with Crippen LogP contribution in [0.4, 0.5) is 0 Å². The lowest BCUT2D eigenvalue weighted by atomic mass is 10.1. The molecule has 2 heterocycles. The summed E-state index contributed by atoms with van der Waals surface area (Å²) in [5.41, 5.74) is 0.140. The molecule has 0 aliphatic carbocycles. The summed E-state index contributed by atoms with van der Waals surface area (Å²) in [7, 11) is 1.58. The van der Waals surface area contributed by atoms with Gasteiger partial charge in [0.25, 0.3) is 5.91 Å². The summed E-state index contributed by atoms with van der Waals surface area (Å²) in [5, 5.41) is 0. The van der Waals surface area contributed by atoms with Crippen LogP contribution in [-0.2, 0) is 11.3 Å². The highest BCUT2D eigenvalue weighted by Crippen LogP contribution is 2.14. The van der Waals surface area contributed by atoms with Crippen molar-refractivity contribution in [2.75, 3.05) is 33.3 Å². The standard InChI is InChI=1S/C18H20N4O4/c1-26-15-5-3-14(4-6-15)17(24)21-11-9-20(10-12-21)16(23)13-22-8-2-7-19-18(22)25/h2-8H,9-13H2,1H3. The maximum Gasteiger partial charge on any atom is 0.347 e. The van der Waals surface area contributed by atoms with Crippen LogP contribution in [0.15, 0.2) is 47.5 Å². The molecule has 2 aromatic rings. The van der Waals surface area contributed by atoms with E-state index >= 15 is 0 Å². The second kappa shape index (κ2) is 7.81. The number of ether oxygens (including phenoxy) is 1. The molecule has 3 rings (SSSR count). The number of carbonyl (C=O) groups excluding carboxylic acids is 2. The van der Waals surface area contributed by atoms with Gasteiger partial charge in [0.15, 0.2) is 0 Å². The summed E-state index contributed by atoms with van der Waals surface area (Å²) in [5.74, 6) is 0.475. The number of hydrogen-bond donors (Lipinski definition) is 0. The Bertz CT molecular complexity index is 839. The van der Waals surface area contributed by atoms with E-state index in [1.807, 2.05) is 0 Å². The second-order valence-corrected chi connectivity index (χ2v) is 5.93. The molecule has 136 valence electrons. The fourth-order valence-corrected chi connectivity index (χ4v) is 2.83. The third-order valence-corrected chi connectivity index (χ3v) is 4.34. The minimum Gasteiger partial charge on any atom is -0.497 e. The highest BCUT2D eigenvalue weighted by Gasteiger charge is 2.25. The molecule has 0 atom stereocenters. The lowest BCUT2D eigenvalue weighted by molar-refractivity contribution is -0.133. The molecule has 8 nitrogen and oxygen atoms in total. The number of aromatic nitrogens is 2. The predicted molar refractivity (Wildman–Crippen MR) is 94.0 cm³/mol. The molecule has 0 spiro atoms. The quantitative estimate of drug-likeness (QED) is 0.783. The highest BCUT2D eigenvalue weighted by atomic mass is 16.5. The third-order valence-electron chi connectivity index (χ3n) is 4.34. The summed E-state index contributed by atoms with van der Waals surface area (Å²) >= 11 is 0. The summed E-state index contributed by atoms with van der Waals surface area (Å²) in [6, 6.07) is 8.57. The Morgan fingerprint density at radius 2 is 1.73 bits per heavy atom. The van der Waals surface area contributed by atoms with Crippen molar-refractivity contribution < 1.29 is 14.3 Å². The van der Waals surface area contributed by atoms with E-state index in [4.69, 9.17) is 4.74 Å². The Kier molecular flexibility index (Phi) is 5.31. The van der Waals surface area contributed by atoms with Crippen LogP contribution in [0.2, 0.25) is 0 Å². The Balaban J connectivity index is 1.56. The molecule has 1 aliphatic heterocycles. The monoisotopic (exact) mass is 356 g/mol. The van der Waals surface area contributed by atoms with Gasteiger partial charge in [-0.3, -0.25) is 14.2 Å². The highest BCUT2D eigenvalue weighted by molar-refractivity contribution is 5.94. The average molecular weight is 356 g/mol. The number of nitrogens with zero attached hydrogens (tertiary/aromatic N) is 4. The van der Waals surface area contributed by atoms with E-state index in [9.17, 15) is 14.4 Å². The maximum absolute atomic E-state index is 12.5. The van der Waals surface area contributed by atoms with Gasteiger partial charge in [-0.2, -0.15) is 0 Å². The molecule has 0 bridgehead atoms. The Hall–Kier alpha value is -3.16. The minimum absolute atomic E-state index is 0.0426. The van der Waals surface area contributed by atoms with E-state index in [2.05, 4.69) is 4.98 Å². The Labute approximate surface area is 150 Å². The van der Waals surface area contributed by atoms with E-state index < -0.39 is 5.69 Å². The normalized spacial score (nSPS) is 14.2. The van der Waals surface area contributed by atoms with Crippen LogP contribution in [0, 0.1) is 0 Å². The van der Waals surface area contributed by atoms with Crippen molar-refractivity contribution >= 4 is 11.8 Å². The van der Waals surface area contributed by atoms with Crippen molar-refractivity contribution in [3.63, 3.8) is 0 Å². The van der Waals surface area contributed by atoms with Gasteiger partial charge in [0.1, 0.15) is 12.3 Å². The molecule has 1 aliphatic rings. The molecule has 1 aromatic heterocycles. The SMILES string of the molecule is COc1ccc(C(=O)N2CCN(C(=O)Cn3cccnc3=O)CC2)cc1. The van der Waals surface area contributed by atoms with E-state index in [1.165, 1.54) is 17.0 Å². The molecule has 0 radical (unpaired) electrons. The maximum atomic E-state index is 12.5. The molecule has 26 heavy (non-hydrogen) atoms. The lowest BCUT2D eigenvalue weighted by Crippen LogP contribution is -2.51. The van der Waals surface area contributed by atoms with Gasteiger partial charge in [0.05, 0.1) is 7.11 Å². The molecule has 1 saturated heterocycles. The molecule has 0 N–H and O–H groups in total. The van der Waals surface area contributed by atoms with Crippen molar-refractivity contribution in [2.45, 2.75) is 6.54 Å². The van der Waals surface area contributed by atoms with Gasteiger partial charge in [-0.05, 0) is 30.3 Å². The number of methoxy groups -OCH3 is 1.